The highest BCUT2D eigenvalue weighted by molar-refractivity contribution is 7.89. The van der Waals surface area contributed by atoms with Gasteiger partial charge >= 0.3 is 0 Å². The molecule has 2 aliphatic heterocycles. The van der Waals surface area contributed by atoms with E-state index in [9.17, 15) is 13.2 Å². The number of aryl methyl sites for hydroxylation is 1. The number of rotatable bonds is 4. The van der Waals surface area contributed by atoms with Gasteiger partial charge in [0.05, 0.1) is 11.4 Å². The van der Waals surface area contributed by atoms with Crippen molar-refractivity contribution < 1.29 is 22.4 Å². The van der Waals surface area contributed by atoms with Crippen molar-refractivity contribution in [2.24, 2.45) is 0 Å². The second-order valence-electron chi connectivity index (χ2n) is 7.66. The van der Waals surface area contributed by atoms with Gasteiger partial charge in [0, 0.05) is 18.2 Å². The minimum absolute atomic E-state index is 0.127. The van der Waals surface area contributed by atoms with E-state index >= 15 is 0 Å². The van der Waals surface area contributed by atoms with Gasteiger partial charge in [-0.2, -0.15) is 4.31 Å². The van der Waals surface area contributed by atoms with Crippen LogP contribution in [0.3, 0.4) is 0 Å². The van der Waals surface area contributed by atoms with Crippen LogP contribution in [0.25, 0.3) is 0 Å². The van der Waals surface area contributed by atoms with Gasteiger partial charge in [0.15, 0.2) is 5.88 Å². The van der Waals surface area contributed by atoms with E-state index in [1.54, 1.807) is 24.3 Å². The van der Waals surface area contributed by atoms with E-state index in [0.717, 1.165) is 35.8 Å². The molecule has 0 spiro atoms. The summed E-state index contributed by atoms with van der Waals surface area (Å²) >= 11 is 0. The van der Waals surface area contributed by atoms with E-state index in [1.165, 1.54) is 4.31 Å². The molecule has 0 atom stereocenters. The Bertz CT molecular complexity index is 1040. The van der Waals surface area contributed by atoms with Crippen molar-refractivity contribution in [2.45, 2.75) is 50.3 Å². The standard InChI is InChI=1S/C20H22N2O5S/c1-4-18(23)21-19-10-14-11-22(12-17(14)26-19)28(24,25)15-5-6-16-13(9-15)7-8-20(2,3)27-16/h4-6,9-10H,1,7-8,11-12H2,2-3H3,(H,21,23). The van der Waals surface area contributed by atoms with E-state index in [2.05, 4.69) is 11.9 Å². The topological polar surface area (TPSA) is 88.9 Å². The maximum absolute atomic E-state index is 13.1. The maximum atomic E-state index is 13.1. The van der Waals surface area contributed by atoms with Gasteiger partial charge in [0.25, 0.3) is 0 Å². The van der Waals surface area contributed by atoms with Crippen LogP contribution in [-0.4, -0.2) is 24.2 Å². The summed E-state index contributed by atoms with van der Waals surface area (Å²) in [6, 6.07) is 6.68. The predicted molar refractivity (Wildman–Crippen MR) is 103 cm³/mol. The molecule has 7 nitrogen and oxygen atoms in total. The summed E-state index contributed by atoms with van der Waals surface area (Å²) < 4.78 is 39.0. The molecule has 148 valence electrons. The van der Waals surface area contributed by atoms with Gasteiger partial charge in [-0.15, -0.1) is 0 Å². The highest BCUT2D eigenvalue weighted by atomic mass is 32.2. The third-order valence-corrected chi connectivity index (χ3v) is 6.84. The lowest BCUT2D eigenvalue weighted by Crippen LogP contribution is -2.33. The van der Waals surface area contributed by atoms with Crippen molar-refractivity contribution in [3.8, 4) is 5.75 Å². The Morgan fingerprint density at radius 1 is 1.25 bits per heavy atom. The van der Waals surface area contributed by atoms with Crippen LogP contribution in [0, 0.1) is 0 Å². The van der Waals surface area contributed by atoms with Crippen LogP contribution in [0.2, 0.25) is 0 Å². The number of amides is 1. The number of furan rings is 1. The second kappa shape index (κ2) is 6.49. The molecule has 1 N–H and O–H groups in total. The van der Waals surface area contributed by atoms with Crippen LogP contribution in [0.4, 0.5) is 5.88 Å². The van der Waals surface area contributed by atoms with Crippen LogP contribution >= 0.6 is 0 Å². The number of carbonyl (C=O) groups is 1. The van der Waals surface area contributed by atoms with Crippen molar-refractivity contribution in [2.75, 3.05) is 5.32 Å². The van der Waals surface area contributed by atoms with Crippen molar-refractivity contribution in [3.63, 3.8) is 0 Å². The Kier molecular flexibility index (Phi) is 4.35. The normalized spacial score (nSPS) is 18.1. The van der Waals surface area contributed by atoms with Gasteiger partial charge in [0.2, 0.25) is 15.9 Å². The highest BCUT2D eigenvalue weighted by Crippen LogP contribution is 2.37. The third kappa shape index (κ3) is 3.33. The molecule has 1 aromatic carbocycles. The fourth-order valence-electron chi connectivity index (χ4n) is 3.49. The van der Waals surface area contributed by atoms with E-state index in [4.69, 9.17) is 9.15 Å². The van der Waals surface area contributed by atoms with Gasteiger partial charge in [-0.05, 0) is 56.5 Å². The van der Waals surface area contributed by atoms with Gasteiger partial charge in [-0.25, -0.2) is 8.42 Å². The molecule has 0 saturated carbocycles. The first-order valence-corrected chi connectivity index (χ1v) is 10.5. The van der Waals surface area contributed by atoms with Crippen LogP contribution in [-0.2, 0) is 34.3 Å². The number of carbonyl (C=O) groups excluding carboxylic acids is 1. The van der Waals surface area contributed by atoms with E-state index in [1.807, 2.05) is 13.8 Å². The lowest BCUT2D eigenvalue weighted by molar-refractivity contribution is -0.112. The third-order valence-electron chi connectivity index (χ3n) is 5.05. The molecule has 0 bridgehead atoms. The number of ether oxygens (including phenoxy) is 1. The number of fused-ring (bicyclic) bond motifs is 2. The quantitative estimate of drug-likeness (QED) is 0.794. The van der Waals surface area contributed by atoms with Crippen LogP contribution < -0.4 is 10.1 Å². The largest absolute Gasteiger partial charge is 0.488 e. The Morgan fingerprint density at radius 3 is 2.75 bits per heavy atom. The second-order valence-corrected chi connectivity index (χ2v) is 9.59. The number of anilines is 1. The van der Waals surface area contributed by atoms with Crippen molar-refractivity contribution in [1.29, 1.82) is 0 Å². The smallest absolute Gasteiger partial charge is 0.250 e. The summed E-state index contributed by atoms with van der Waals surface area (Å²) in [4.78, 5) is 11.6. The van der Waals surface area contributed by atoms with Crippen LogP contribution in [0.1, 0.15) is 37.2 Å². The summed E-state index contributed by atoms with van der Waals surface area (Å²) in [7, 11) is -3.66. The molecule has 0 aliphatic carbocycles. The number of hydrogen-bond donors (Lipinski definition) is 1. The fourth-order valence-corrected chi connectivity index (χ4v) is 4.91. The summed E-state index contributed by atoms with van der Waals surface area (Å²) in [5.74, 6) is 1.19. The molecule has 28 heavy (non-hydrogen) atoms. The predicted octanol–water partition coefficient (Wildman–Crippen LogP) is 3.21. The summed E-state index contributed by atoms with van der Waals surface area (Å²) in [6.45, 7) is 7.76. The Hall–Kier alpha value is -2.58. The molecule has 4 rings (SSSR count). The van der Waals surface area contributed by atoms with Gasteiger partial charge in [-0.3, -0.25) is 10.1 Å². The molecule has 0 unspecified atom stereocenters. The van der Waals surface area contributed by atoms with E-state index < -0.39 is 10.0 Å². The number of sulfonamides is 1. The monoisotopic (exact) mass is 402 g/mol. The average Bonchev–Trinajstić information content (AvgIpc) is 3.19. The molecular weight excluding hydrogens is 380 g/mol. The number of nitrogens with one attached hydrogen (secondary N) is 1. The molecule has 3 heterocycles. The van der Waals surface area contributed by atoms with Crippen LogP contribution in [0.5, 0.6) is 5.75 Å². The minimum atomic E-state index is -3.66. The zero-order chi connectivity index (χ0) is 20.1. The molecule has 1 aromatic heterocycles. The number of benzene rings is 1. The van der Waals surface area contributed by atoms with Crippen molar-refractivity contribution in [1.82, 2.24) is 4.31 Å². The molecule has 2 aromatic rings. The fraction of sp³-hybridized carbons (Fsp3) is 0.350. The Morgan fingerprint density at radius 2 is 2.04 bits per heavy atom. The first-order valence-electron chi connectivity index (χ1n) is 9.05. The number of hydrogen-bond acceptors (Lipinski definition) is 5. The van der Waals surface area contributed by atoms with Gasteiger partial charge in [0.1, 0.15) is 17.1 Å². The van der Waals surface area contributed by atoms with Crippen molar-refractivity contribution >= 4 is 21.8 Å². The van der Waals surface area contributed by atoms with Gasteiger partial charge in [-0.1, -0.05) is 6.58 Å². The first-order chi connectivity index (χ1) is 13.2. The number of nitrogens with zero attached hydrogens (tertiary/aromatic N) is 1. The Balaban J connectivity index is 1.54. The Labute approximate surface area is 164 Å². The van der Waals surface area contributed by atoms with Crippen molar-refractivity contribution in [3.05, 3.63) is 53.8 Å². The lowest BCUT2D eigenvalue weighted by Gasteiger charge is -2.32. The summed E-state index contributed by atoms with van der Waals surface area (Å²) in [5.41, 5.74) is 1.41. The van der Waals surface area contributed by atoms with E-state index in [0.29, 0.717) is 11.6 Å². The molecule has 0 saturated heterocycles. The molecule has 2 aliphatic rings. The molecular formula is C20H22N2O5S. The minimum Gasteiger partial charge on any atom is -0.488 e. The SMILES string of the molecule is C=CC(=O)Nc1cc2c(o1)CN(S(=O)(=O)c1ccc3c(c1)CCC(C)(C)O3)C2. The molecule has 8 heteroatoms. The summed E-state index contributed by atoms with van der Waals surface area (Å²) in [6.07, 6.45) is 2.75. The first kappa shape index (κ1) is 18.8. The maximum Gasteiger partial charge on any atom is 0.250 e. The zero-order valence-electron chi connectivity index (χ0n) is 15.8. The molecule has 0 radical (unpaired) electrons. The molecule has 0 fully saturated rings. The van der Waals surface area contributed by atoms with Crippen LogP contribution in [0.15, 0.2) is 46.2 Å². The summed E-state index contributed by atoms with van der Waals surface area (Å²) in [5, 5.41) is 2.54. The highest BCUT2D eigenvalue weighted by Gasteiger charge is 2.35. The average molecular weight is 402 g/mol. The molecule has 1 amide bonds. The zero-order valence-corrected chi connectivity index (χ0v) is 16.6. The lowest BCUT2D eigenvalue weighted by atomic mass is 9.94. The van der Waals surface area contributed by atoms with E-state index in [-0.39, 0.29) is 29.5 Å². The van der Waals surface area contributed by atoms with Gasteiger partial charge < -0.3 is 9.15 Å².